The van der Waals surface area contributed by atoms with Crippen LogP contribution in [0.2, 0.25) is 0 Å². The Morgan fingerprint density at radius 1 is 0.917 bits per heavy atom. The molecule has 1 aromatic heterocycles. The Bertz CT molecular complexity index is 1500. The van der Waals surface area contributed by atoms with Crippen LogP contribution in [0.25, 0.3) is 16.6 Å². The van der Waals surface area contributed by atoms with Crippen molar-refractivity contribution in [3.63, 3.8) is 0 Å². The van der Waals surface area contributed by atoms with Gasteiger partial charge in [-0.3, -0.25) is 14.2 Å². The second-order valence-electron chi connectivity index (χ2n) is 7.86. The molecule has 9 heteroatoms. The van der Waals surface area contributed by atoms with Crippen LogP contribution in [0.15, 0.2) is 64.5 Å². The van der Waals surface area contributed by atoms with E-state index in [1.807, 2.05) is 31.2 Å². The molecule has 36 heavy (non-hydrogen) atoms. The predicted octanol–water partition coefficient (Wildman–Crippen LogP) is 4.70. The molecule has 0 radical (unpaired) electrons. The number of methoxy groups -OCH3 is 4. The quantitative estimate of drug-likeness (QED) is 0.183. The van der Waals surface area contributed by atoms with Crippen molar-refractivity contribution in [2.24, 2.45) is 0 Å². The van der Waals surface area contributed by atoms with Gasteiger partial charge in [-0.25, -0.2) is 4.98 Å². The number of carbonyl (C=O) groups is 1. The van der Waals surface area contributed by atoms with Gasteiger partial charge in [0, 0.05) is 5.56 Å². The van der Waals surface area contributed by atoms with Gasteiger partial charge in [-0.1, -0.05) is 36.0 Å². The van der Waals surface area contributed by atoms with E-state index in [2.05, 4.69) is 0 Å². The highest BCUT2D eigenvalue weighted by Gasteiger charge is 2.23. The van der Waals surface area contributed by atoms with Gasteiger partial charge in [0.1, 0.15) is 11.3 Å². The average molecular weight is 507 g/mol. The molecule has 0 atom stereocenters. The highest BCUT2D eigenvalue weighted by atomic mass is 32.2. The molecular weight excluding hydrogens is 480 g/mol. The van der Waals surface area contributed by atoms with E-state index in [4.69, 9.17) is 23.9 Å². The van der Waals surface area contributed by atoms with Gasteiger partial charge in [0.25, 0.3) is 5.56 Å². The number of hydrogen-bond acceptors (Lipinski definition) is 8. The summed E-state index contributed by atoms with van der Waals surface area (Å²) in [6, 6.07) is 16.1. The highest BCUT2D eigenvalue weighted by Crippen LogP contribution is 2.42. The zero-order valence-electron chi connectivity index (χ0n) is 20.7. The van der Waals surface area contributed by atoms with Gasteiger partial charge < -0.3 is 18.9 Å². The number of rotatable bonds is 9. The van der Waals surface area contributed by atoms with E-state index in [1.165, 1.54) is 37.7 Å². The second-order valence-corrected chi connectivity index (χ2v) is 8.80. The summed E-state index contributed by atoms with van der Waals surface area (Å²) >= 11 is 1.17. The largest absolute Gasteiger partial charge is 0.497 e. The molecule has 0 unspecified atom stereocenters. The van der Waals surface area contributed by atoms with E-state index in [1.54, 1.807) is 37.4 Å². The first-order valence-corrected chi connectivity index (χ1v) is 12.0. The lowest BCUT2D eigenvalue weighted by Gasteiger charge is -2.17. The first kappa shape index (κ1) is 25.1. The molecule has 4 rings (SSSR count). The predicted molar refractivity (Wildman–Crippen MR) is 140 cm³/mol. The van der Waals surface area contributed by atoms with Crippen LogP contribution in [0.1, 0.15) is 15.9 Å². The Hall–Kier alpha value is -3.98. The van der Waals surface area contributed by atoms with Gasteiger partial charge in [0.15, 0.2) is 22.4 Å². The Kier molecular flexibility index (Phi) is 7.49. The summed E-state index contributed by atoms with van der Waals surface area (Å²) in [6.45, 7) is 1.94. The normalized spacial score (nSPS) is 10.8. The second kappa shape index (κ2) is 10.7. The van der Waals surface area contributed by atoms with E-state index in [0.717, 1.165) is 5.56 Å². The number of benzene rings is 3. The maximum atomic E-state index is 13.9. The summed E-state index contributed by atoms with van der Waals surface area (Å²) < 4.78 is 23.2. The SMILES string of the molecule is COc1cccc(C(=O)CSc2nc3c(OC)c(OC)c(OC)cc3c(=O)n2-c2cccc(C)c2)c1. The number of aromatic nitrogens is 2. The van der Waals surface area contributed by atoms with Crippen LogP contribution in [-0.4, -0.2) is 49.5 Å². The van der Waals surface area contributed by atoms with Gasteiger partial charge in [0.05, 0.1) is 45.3 Å². The minimum atomic E-state index is -0.318. The first-order chi connectivity index (χ1) is 17.4. The number of thioether (sulfide) groups is 1. The maximum absolute atomic E-state index is 13.9. The lowest BCUT2D eigenvalue weighted by molar-refractivity contribution is 0.102. The minimum absolute atomic E-state index is 0.0620. The molecule has 0 bridgehead atoms. The molecular formula is C27H26N2O6S. The van der Waals surface area contributed by atoms with Crippen LogP contribution >= 0.6 is 11.8 Å². The molecule has 0 amide bonds. The number of carbonyl (C=O) groups excluding carboxylic acids is 1. The molecule has 0 saturated carbocycles. The monoisotopic (exact) mass is 506 g/mol. The number of Topliss-reactive ketones (excluding diaryl/α,β-unsaturated/α-hetero) is 1. The molecule has 0 N–H and O–H groups in total. The van der Waals surface area contributed by atoms with Crippen molar-refractivity contribution >= 4 is 28.4 Å². The summed E-state index contributed by atoms with van der Waals surface area (Å²) in [5, 5.41) is 0.648. The van der Waals surface area contributed by atoms with Crippen LogP contribution in [-0.2, 0) is 0 Å². The van der Waals surface area contributed by atoms with Crippen LogP contribution < -0.4 is 24.5 Å². The Morgan fingerprint density at radius 2 is 1.67 bits per heavy atom. The fourth-order valence-corrected chi connectivity index (χ4v) is 4.77. The highest BCUT2D eigenvalue weighted by molar-refractivity contribution is 7.99. The molecule has 0 aliphatic heterocycles. The fourth-order valence-electron chi connectivity index (χ4n) is 3.87. The van der Waals surface area contributed by atoms with Crippen molar-refractivity contribution < 1.29 is 23.7 Å². The summed E-state index contributed by atoms with van der Waals surface area (Å²) in [5.74, 6) is 1.50. The maximum Gasteiger partial charge on any atom is 0.266 e. The zero-order valence-corrected chi connectivity index (χ0v) is 21.5. The van der Waals surface area contributed by atoms with Gasteiger partial charge in [-0.15, -0.1) is 0 Å². The van der Waals surface area contributed by atoms with Crippen LogP contribution in [0, 0.1) is 6.92 Å². The zero-order chi connectivity index (χ0) is 25.8. The molecule has 0 aliphatic rings. The number of hydrogen-bond donors (Lipinski definition) is 0. The summed E-state index contributed by atoms with van der Waals surface area (Å²) in [4.78, 5) is 31.6. The van der Waals surface area contributed by atoms with Gasteiger partial charge in [0.2, 0.25) is 5.75 Å². The third-order valence-corrected chi connectivity index (χ3v) is 6.56. The molecule has 1 heterocycles. The Morgan fingerprint density at radius 3 is 2.33 bits per heavy atom. The lowest BCUT2D eigenvalue weighted by Crippen LogP contribution is -2.23. The van der Waals surface area contributed by atoms with Gasteiger partial charge in [-0.2, -0.15) is 0 Å². The van der Waals surface area contributed by atoms with Gasteiger partial charge >= 0.3 is 0 Å². The van der Waals surface area contributed by atoms with E-state index in [9.17, 15) is 9.59 Å². The minimum Gasteiger partial charge on any atom is -0.497 e. The third-order valence-electron chi connectivity index (χ3n) is 5.62. The van der Waals surface area contributed by atoms with E-state index in [0.29, 0.717) is 44.6 Å². The van der Waals surface area contributed by atoms with E-state index < -0.39 is 0 Å². The van der Waals surface area contributed by atoms with Crippen LogP contribution in [0.4, 0.5) is 0 Å². The van der Waals surface area contributed by atoms with E-state index in [-0.39, 0.29) is 22.8 Å². The molecule has 186 valence electrons. The van der Waals surface area contributed by atoms with Crippen molar-refractivity contribution in [3.8, 4) is 28.7 Å². The van der Waals surface area contributed by atoms with Crippen molar-refractivity contribution in [2.75, 3.05) is 34.2 Å². The smallest absolute Gasteiger partial charge is 0.266 e. The van der Waals surface area contributed by atoms with Crippen molar-refractivity contribution in [2.45, 2.75) is 12.1 Å². The fraction of sp³-hybridized carbons (Fsp3) is 0.222. The molecule has 8 nitrogen and oxygen atoms in total. The van der Waals surface area contributed by atoms with Crippen molar-refractivity contribution in [3.05, 3.63) is 76.1 Å². The average Bonchev–Trinajstić information content (AvgIpc) is 2.90. The number of ketones is 1. The number of nitrogens with zero attached hydrogens (tertiary/aromatic N) is 2. The van der Waals surface area contributed by atoms with Gasteiger partial charge in [-0.05, 0) is 42.8 Å². The lowest BCUT2D eigenvalue weighted by atomic mass is 10.1. The summed E-state index contributed by atoms with van der Waals surface area (Å²) in [6.07, 6.45) is 0. The van der Waals surface area contributed by atoms with Crippen LogP contribution in [0.5, 0.6) is 23.0 Å². The molecule has 0 saturated heterocycles. The van der Waals surface area contributed by atoms with E-state index >= 15 is 0 Å². The number of aryl methyl sites for hydroxylation is 1. The standard InChI is InChI=1S/C27H26N2O6S/c1-16-8-6-10-18(12-16)29-26(31)20-14-22(33-3)24(34-4)25(35-5)23(20)28-27(29)36-15-21(30)17-9-7-11-19(13-17)32-2/h6-14H,15H2,1-5H3. The molecule has 4 aromatic rings. The first-order valence-electron chi connectivity index (χ1n) is 11.0. The number of ether oxygens (including phenoxy) is 4. The summed E-state index contributed by atoms with van der Waals surface area (Å²) in [5.41, 5.74) is 2.13. The Labute approximate surface area is 212 Å². The van der Waals surface area contributed by atoms with Crippen molar-refractivity contribution in [1.29, 1.82) is 0 Å². The molecule has 3 aromatic carbocycles. The summed E-state index contributed by atoms with van der Waals surface area (Å²) in [7, 11) is 6.00. The molecule has 0 fully saturated rings. The third kappa shape index (κ3) is 4.74. The molecule has 0 spiro atoms. The number of fused-ring (bicyclic) bond motifs is 1. The Balaban J connectivity index is 1.89. The van der Waals surface area contributed by atoms with Crippen molar-refractivity contribution in [1.82, 2.24) is 9.55 Å². The molecule has 0 aliphatic carbocycles. The topological polar surface area (TPSA) is 88.9 Å². The van der Waals surface area contributed by atoms with Crippen LogP contribution in [0.3, 0.4) is 0 Å².